The van der Waals surface area contributed by atoms with Crippen molar-refractivity contribution in [2.24, 2.45) is 10.7 Å². The summed E-state index contributed by atoms with van der Waals surface area (Å²) >= 11 is 0. The van der Waals surface area contributed by atoms with Crippen LogP contribution < -0.4 is 10.5 Å². The summed E-state index contributed by atoms with van der Waals surface area (Å²) in [7, 11) is 1.68. The fraction of sp³-hybridized carbons (Fsp3) is 0.136. The molecule has 0 fully saturated rings. The highest BCUT2D eigenvalue weighted by Gasteiger charge is 2.36. The minimum atomic E-state index is -0.463. The molecule has 124 valence electrons. The van der Waals surface area contributed by atoms with Crippen LogP contribution in [-0.2, 0) is 5.54 Å². The predicted octanol–water partition coefficient (Wildman–Crippen LogP) is 4.34. The first-order valence-electron chi connectivity index (χ1n) is 8.32. The topological polar surface area (TPSA) is 47.6 Å². The lowest BCUT2D eigenvalue weighted by Crippen LogP contribution is -2.18. The molecule has 3 aromatic rings. The lowest BCUT2D eigenvalue weighted by atomic mass is 9.84. The summed E-state index contributed by atoms with van der Waals surface area (Å²) in [6, 6.07) is 24.7. The van der Waals surface area contributed by atoms with Crippen molar-refractivity contribution >= 4 is 5.84 Å². The zero-order valence-electron chi connectivity index (χ0n) is 14.4. The molecule has 1 aliphatic heterocycles. The average molecular weight is 328 g/mol. The average Bonchev–Trinajstić information content (AvgIpc) is 2.94. The standard InChI is InChI=1S/C22H20N2O/c1-22(20-12-4-3-11-19(20)21(23)24-22)17-9-5-7-15(13-17)16-8-6-10-18(14-16)25-2/h3-14H,1-2H3,(H2,23,24). The number of nitrogens with zero attached hydrogens (tertiary/aromatic N) is 1. The van der Waals surface area contributed by atoms with Gasteiger partial charge in [-0.15, -0.1) is 0 Å². The summed E-state index contributed by atoms with van der Waals surface area (Å²) in [5, 5.41) is 0. The number of benzene rings is 3. The van der Waals surface area contributed by atoms with Gasteiger partial charge in [0.25, 0.3) is 0 Å². The van der Waals surface area contributed by atoms with E-state index in [4.69, 9.17) is 15.5 Å². The van der Waals surface area contributed by atoms with Crippen molar-refractivity contribution in [3.8, 4) is 16.9 Å². The third-order valence-corrected chi connectivity index (χ3v) is 4.90. The molecular weight excluding hydrogens is 308 g/mol. The maximum atomic E-state index is 6.18. The van der Waals surface area contributed by atoms with Gasteiger partial charge in [0.1, 0.15) is 17.1 Å². The third kappa shape index (κ3) is 2.49. The monoisotopic (exact) mass is 328 g/mol. The zero-order valence-corrected chi connectivity index (χ0v) is 14.4. The maximum Gasteiger partial charge on any atom is 0.127 e. The van der Waals surface area contributed by atoms with Crippen LogP contribution in [0.4, 0.5) is 0 Å². The SMILES string of the molecule is COc1cccc(-c2cccc(C3(C)N=C(N)c4ccccc43)c2)c1. The quantitative estimate of drug-likeness (QED) is 0.777. The number of amidine groups is 1. The number of nitrogens with two attached hydrogens (primary N) is 1. The van der Waals surface area contributed by atoms with Gasteiger partial charge in [0, 0.05) is 5.56 Å². The Morgan fingerprint density at radius 3 is 2.40 bits per heavy atom. The number of fused-ring (bicyclic) bond motifs is 1. The molecule has 1 aliphatic rings. The molecule has 1 atom stereocenters. The molecular formula is C22H20N2O. The molecule has 25 heavy (non-hydrogen) atoms. The highest BCUT2D eigenvalue weighted by molar-refractivity contribution is 6.02. The molecule has 4 rings (SSSR count). The Morgan fingerprint density at radius 1 is 0.880 bits per heavy atom. The van der Waals surface area contributed by atoms with Crippen LogP contribution in [0.5, 0.6) is 5.75 Å². The summed E-state index contributed by atoms with van der Waals surface area (Å²) in [5.74, 6) is 1.45. The van der Waals surface area contributed by atoms with Crippen LogP contribution in [0, 0.1) is 0 Å². The molecule has 1 unspecified atom stereocenters. The first-order valence-corrected chi connectivity index (χ1v) is 8.32. The molecule has 0 bridgehead atoms. The van der Waals surface area contributed by atoms with E-state index in [1.165, 1.54) is 0 Å². The van der Waals surface area contributed by atoms with E-state index in [-0.39, 0.29) is 0 Å². The van der Waals surface area contributed by atoms with Crippen LogP contribution in [0.3, 0.4) is 0 Å². The van der Waals surface area contributed by atoms with Crippen LogP contribution in [0.2, 0.25) is 0 Å². The molecule has 0 saturated carbocycles. The molecule has 0 radical (unpaired) electrons. The van der Waals surface area contributed by atoms with Crippen molar-refractivity contribution < 1.29 is 4.74 Å². The second kappa shape index (κ2) is 5.78. The van der Waals surface area contributed by atoms with E-state index in [9.17, 15) is 0 Å². The Kier molecular flexibility index (Phi) is 3.57. The van der Waals surface area contributed by atoms with Gasteiger partial charge in [0.2, 0.25) is 0 Å². The summed E-state index contributed by atoms with van der Waals surface area (Å²) in [6.45, 7) is 2.12. The number of methoxy groups -OCH3 is 1. The Bertz CT molecular complexity index is 977. The zero-order chi connectivity index (χ0) is 17.4. The molecule has 3 heteroatoms. The van der Waals surface area contributed by atoms with Crippen molar-refractivity contribution in [2.75, 3.05) is 7.11 Å². The van der Waals surface area contributed by atoms with Gasteiger partial charge in [-0.2, -0.15) is 0 Å². The van der Waals surface area contributed by atoms with E-state index in [0.29, 0.717) is 5.84 Å². The van der Waals surface area contributed by atoms with Crippen LogP contribution in [-0.4, -0.2) is 12.9 Å². The summed E-state index contributed by atoms with van der Waals surface area (Å²) < 4.78 is 5.35. The second-order valence-corrected chi connectivity index (χ2v) is 6.43. The maximum absolute atomic E-state index is 6.18. The fourth-order valence-corrected chi connectivity index (χ4v) is 3.52. The second-order valence-electron chi connectivity index (χ2n) is 6.43. The van der Waals surface area contributed by atoms with Gasteiger partial charge in [-0.1, -0.05) is 54.6 Å². The molecule has 0 saturated heterocycles. The van der Waals surface area contributed by atoms with Crippen molar-refractivity contribution in [2.45, 2.75) is 12.5 Å². The molecule has 2 N–H and O–H groups in total. The van der Waals surface area contributed by atoms with Crippen LogP contribution in [0.25, 0.3) is 11.1 Å². The smallest absolute Gasteiger partial charge is 0.127 e. The van der Waals surface area contributed by atoms with E-state index in [1.54, 1.807) is 7.11 Å². The normalized spacial score (nSPS) is 18.6. The number of hydrogen-bond acceptors (Lipinski definition) is 3. The highest BCUT2D eigenvalue weighted by atomic mass is 16.5. The van der Waals surface area contributed by atoms with E-state index < -0.39 is 5.54 Å². The molecule has 0 aromatic heterocycles. The summed E-state index contributed by atoms with van der Waals surface area (Å²) in [5.41, 5.74) is 11.3. The molecule has 3 aromatic carbocycles. The van der Waals surface area contributed by atoms with Crippen LogP contribution in [0.1, 0.15) is 23.6 Å². The van der Waals surface area contributed by atoms with Crippen LogP contribution >= 0.6 is 0 Å². The Labute approximate surface area is 147 Å². The lowest BCUT2D eigenvalue weighted by molar-refractivity contribution is 0.415. The van der Waals surface area contributed by atoms with E-state index in [1.807, 2.05) is 36.4 Å². The van der Waals surface area contributed by atoms with Gasteiger partial charge < -0.3 is 10.5 Å². The first-order chi connectivity index (χ1) is 12.1. The summed E-state index contributed by atoms with van der Waals surface area (Å²) in [6.07, 6.45) is 0. The number of aliphatic imine (C=N–C) groups is 1. The van der Waals surface area contributed by atoms with E-state index >= 15 is 0 Å². The van der Waals surface area contributed by atoms with Crippen molar-refractivity contribution in [1.29, 1.82) is 0 Å². The molecule has 1 heterocycles. The Hall–Kier alpha value is -3.07. The Morgan fingerprint density at radius 2 is 1.60 bits per heavy atom. The number of ether oxygens (including phenoxy) is 1. The molecule has 3 nitrogen and oxygen atoms in total. The van der Waals surface area contributed by atoms with Crippen molar-refractivity contribution in [3.63, 3.8) is 0 Å². The van der Waals surface area contributed by atoms with Crippen molar-refractivity contribution in [3.05, 3.63) is 89.5 Å². The van der Waals surface area contributed by atoms with Gasteiger partial charge in [-0.05, 0) is 47.4 Å². The van der Waals surface area contributed by atoms with Crippen molar-refractivity contribution in [1.82, 2.24) is 0 Å². The van der Waals surface area contributed by atoms with Gasteiger partial charge in [-0.3, -0.25) is 4.99 Å². The van der Waals surface area contributed by atoms with Crippen LogP contribution in [0.15, 0.2) is 77.8 Å². The molecule has 0 aliphatic carbocycles. The van der Waals surface area contributed by atoms with Gasteiger partial charge in [0.05, 0.1) is 7.11 Å². The highest BCUT2D eigenvalue weighted by Crippen LogP contribution is 2.41. The largest absolute Gasteiger partial charge is 0.497 e. The predicted molar refractivity (Wildman–Crippen MR) is 102 cm³/mol. The molecule has 0 amide bonds. The minimum absolute atomic E-state index is 0.463. The fourth-order valence-electron chi connectivity index (χ4n) is 3.52. The third-order valence-electron chi connectivity index (χ3n) is 4.90. The van der Waals surface area contributed by atoms with E-state index in [0.717, 1.165) is 33.6 Å². The lowest BCUT2D eigenvalue weighted by Gasteiger charge is -2.24. The number of hydrogen-bond donors (Lipinski definition) is 1. The van der Waals surface area contributed by atoms with Gasteiger partial charge in [0.15, 0.2) is 0 Å². The number of rotatable bonds is 3. The van der Waals surface area contributed by atoms with E-state index in [2.05, 4.69) is 43.3 Å². The molecule has 0 spiro atoms. The van der Waals surface area contributed by atoms with Gasteiger partial charge >= 0.3 is 0 Å². The minimum Gasteiger partial charge on any atom is -0.497 e. The van der Waals surface area contributed by atoms with Gasteiger partial charge in [-0.25, -0.2) is 0 Å². The summed E-state index contributed by atoms with van der Waals surface area (Å²) in [4.78, 5) is 4.80. The first kappa shape index (κ1) is 15.5. The Balaban J connectivity index is 1.83.